The van der Waals surface area contributed by atoms with Crippen molar-refractivity contribution >= 4 is 34.3 Å². The number of aromatic nitrogens is 3. The summed E-state index contributed by atoms with van der Waals surface area (Å²) < 4.78 is 0. The molecule has 0 aliphatic carbocycles. The maximum absolute atomic E-state index is 12.1. The normalized spacial score (nSPS) is 10.8. The molecule has 0 unspecified atom stereocenters. The van der Waals surface area contributed by atoms with Gasteiger partial charge < -0.3 is 10.3 Å². The number of carbonyl (C=O) groups excluding carboxylic acids is 1. The van der Waals surface area contributed by atoms with Crippen molar-refractivity contribution in [3.05, 3.63) is 62.4 Å². The van der Waals surface area contributed by atoms with Gasteiger partial charge in [0.05, 0.1) is 16.8 Å². The summed E-state index contributed by atoms with van der Waals surface area (Å²) in [6.07, 6.45) is 1.13. The summed E-state index contributed by atoms with van der Waals surface area (Å²) in [4.78, 5) is 43.6. The molecular formula is C19H17N5O3S. The first kappa shape index (κ1) is 19.4. The molecule has 0 aliphatic heterocycles. The Labute approximate surface area is 164 Å². The number of nitrogens with one attached hydrogen (secondary N) is 3. The highest BCUT2D eigenvalue weighted by Crippen LogP contribution is 2.27. The van der Waals surface area contributed by atoms with Crippen LogP contribution in [0.4, 0.5) is 5.69 Å². The first-order valence-corrected chi connectivity index (χ1v) is 9.45. The van der Waals surface area contributed by atoms with Crippen LogP contribution >= 0.6 is 11.8 Å². The highest BCUT2D eigenvalue weighted by molar-refractivity contribution is 8.00. The molecule has 1 aromatic carbocycles. The molecule has 0 saturated heterocycles. The Morgan fingerprint density at radius 1 is 1.32 bits per heavy atom. The topological polar surface area (TPSA) is 131 Å². The Morgan fingerprint density at radius 3 is 2.79 bits per heavy atom. The highest BCUT2D eigenvalue weighted by atomic mass is 32.2. The molecular weight excluding hydrogens is 378 g/mol. The number of aromatic amines is 2. The van der Waals surface area contributed by atoms with Gasteiger partial charge in [0.1, 0.15) is 16.8 Å². The summed E-state index contributed by atoms with van der Waals surface area (Å²) in [5.41, 5.74) is 0.876. The second kappa shape index (κ2) is 8.10. The predicted molar refractivity (Wildman–Crippen MR) is 108 cm³/mol. The van der Waals surface area contributed by atoms with Crippen molar-refractivity contribution in [1.82, 2.24) is 15.0 Å². The maximum atomic E-state index is 12.1. The summed E-state index contributed by atoms with van der Waals surface area (Å²) in [5, 5.41) is 13.2. The summed E-state index contributed by atoms with van der Waals surface area (Å²) >= 11 is 1.10. The van der Waals surface area contributed by atoms with Gasteiger partial charge in [0.25, 0.3) is 5.56 Å². The van der Waals surface area contributed by atoms with Gasteiger partial charge in [-0.25, -0.2) is 9.78 Å². The van der Waals surface area contributed by atoms with Crippen LogP contribution in [0.25, 0.3) is 10.9 Å². The van der Waals surface area contributed by atoms with Crippen molar-refractivity contribution in [2.24, 2.45) is 0 Å². The standard InChI is InChI=1S/C19H17N5O3S/c1-10(2)11-3-4-14-12(5-11)6-13(7-20)18(23-14)28-9-16(25)22-15-8-21-19(27)24-17(15)26/h3-6,8,10H,9H2,1-2H3,(H,22,25)(H2,21,24,26,27). The Morgan fingerprint density at radius 2 is 2.11 bits per heavy atom. The van der Waals surface area contributed by atoms with Gasteiger partial charge in [0.15, 0.2) is 0 Å². The van der Waals surface area contributed by atoms with Crippen LogP contribution in [0.2, 0.25) is 0 Å². The molecule has 0 fully saturated rings. The number of hydrogen-bond donors (Lipinski definition) is 3. The molecule has 2 heterocycles. The Kier molecular flexibility index (Phi) is 5.61. The number of pyridine rings is 1. The number of amides is 1. The van der Waals surface area contributed by atoms with E-state index in [9.17, 15) is 19.6 Å². The van der Waals surface area contributed by atoms with E-state index in [1.165, 1.54) is 0 Å². The lowest BCUT2D eigenvalue weighted by molar-refractivity contribution is -0.113. The number of H-pyrrole nitrogens is 2. The fourth-order valence-electron chi connectivity index (χ4n) is 2.55. The zero-order chi connectivity index (χ0) is 20.3. The maximum Gasteiger partial charge on any atom is 0.325 e. The van der Waals surface area contributed by atoms with Gasteiger partial charge in [0, 0.05) is 11.6 Å². The van der Waals surface area contributed by atoms with E-state index in [4.69, 9.17) is 0 Å². The van der Waals surface area contributed by atoms with Gasteiger partial charge >= 0.3 is 5.69 Å². The molecule has 3 aromatic rings. The van der Waals surface area contributed by atoms with Crippen LogP contribution in [-0.2, 0) is 4.79 Å². The first-order valence-electron chi connectivity index (χ1n) is 8.47. The largest absolute Gasteiger partial charge is 0.325 e. The molecule has 0 saturated carbocycles. The minimum atomic E-state index is -0.690. The first-order chi connectivity index (χ1) is 13.4. The number of nitriles is 1. The number of carbonyl (C=O) groups is 1. The van der Waals surface area contributed by atoms with Crippen LogP contribution in [0.3, 0.4) is 0 Å². The number of anilines is 1. The Balaban J connectivity index is 1.78. The minimum absolute atomic E-state index is 0.0458. The molecule has 0 bridgehead atoms. The van der Waals surface area contributed by atoms with E-state index in [0.717, 1.165) is 34.4 Å². The number of thioether (sulfide) groups is 1. The third-order valence-electron chi connectivity index (χ3n) is 4.02. The number of fused-ring (bicyclic) bond motifs is 1. The van der Waals surface area contributed by atoms with Crippen LogP contribution in [0.5, 0.6) is 0 Å². The molecule has 28 heavy (non-hydrogen) atoms. The zero-order valence-electron chi connectivity index (χ0n) is 15.2. The van der Waals surface area contributed by atoms with E-state index in [2.05, 4.69) is 35.2 Å². The molecule has 0 spiro atoms. The van der Waals surface area contributed by atoms with Crippen molar-refractivity contribution in [2.75, 3.05) is 11.1 Å². The third-order valence-corrected chi connectivity index (χ3v) is 5.02. The number of nitrogens with zero attached hydrogens (tertiary/aromatic N) is 2. The van der Waals surface area contributed by atoms with Crippen molar-refractivity contribution in [1.29, 1.82) is 5.26 Å². The Bertz CT molecular complexity index is 1210. The van der Waals surface area contributed by atoms with E-state index in [1.807, 2.05) is 23.2 Å². The van der Waals surface area contributed by atoms with Gasteiger partial charge in [-0.1, -0.05) is 31.7 Å². The smallest absolute Gasteiger partial charge is 0.320 e. The summed E-state index contributed by atoms with van der Waals surface area (Å²) in [7, 11) is 0. The van der Waals surface area contributed by atoms with Gasteiger partial charge in [-0.05, 0) is 29.7 Å². The lowest BCUT2D eigenvalue weighted by atomic mass is 10.0. The molecule has 3 rings (SSSR count). The molecule has 1 amide bonds. The fraction of sp³-hybridized carbons (Fsp3) is 0.211. The quantitative estimate of drug-likeness (QED) is 0.568. The average Bonchev–Trinajstić information content (AvgIpc) is 2.67. The monoisotopic (exact) mass is 395 g/mol. The van der Waals surface area contributed by atoms with E-state index >= 15 is 0 Å². The highest BCUT2D eigenvalue weighted by Gasteiger charge is 2.12. The zero-order valence-corrected chi connectivity index (χ0v) is 16.0. The van der Waals surface area contributed by atoms with Gasteiger partial charge in [-0.15, -0.1) is 0 Å². The predicted octanol–water partition coefficient (Wildman–Crippen LogP) is 2.34. The van der Waals surface area contributed by atoms with E-state index < -0.39 is 17.2 Å². The van der Waals surface area contributed by atoms with E-state index in [0.29, 0.717) is 16.5 Å². The van der Waals surface area contributed by atoms with Crippen LogP contribution in [0.15, 0.2) is 45.1 Å². The summed E-state index contributed by atoms with van der Waals surface area (Å²) in [6, 6.07) is 9.79. The second-order valence-electron chi connectivity index (χ2n) is 6.38. The lowest BCUT2D eigenvalue weighted by Gasteiger charge is -2.09. The average molecular weight is 395 g/mol. The Hall–Kier alpha value is -3.38. The molecule has 0 aliphatic rings. The summed E-state index contributed by atoms with van der Waals surface area (Å²) in [6.45, 7) is 4.19. The molecule has 2 aromatic heterocycles. The van der Waals surface area contributed by atoms with Gasteiger partial charge in [-0.2, -0.15) is 5.26 Å². The number of rotatable bonds is 5. The van der Waals surface area contributed by atoms with Crippen LogP contribution in [0, 0.1) is 11.3 Å². The van der Waals surface area contributed by atoms with Gasteiger partial charge in [0.2, 0.25) is 5.91 Å². The lowest BCUT2D eigenvalue weighted by Crippen LogP contribution is -2.27. The minimum Gasteiger partial charge on any atom is -0.320 e. The van der Waals surface area contributed by atoms with Crippen molar-refractivity contribution < 1.29 is 4.79 Å². The number of benzene rings is 1. The van der Waals surface area contributed by atoms with Crippen LogP contribution < -0.4 is 16.6 Å². The van der Waals surface area contributed by atoms with Gasteiger partial charge in [-0.3, -0.25) is 14.6 Å². The number of hydrogen-bond acceptors (Lipinski definition) is 6. The van der Waals surface area contributed by atoms with Crippen molar-refractivity contribution in [3.8, 4) is 6.07 Å². The van der Waals surface area contributed by atoms with Crippen molar-refractivity contribution in [2.45, 2.75) is 24.8 Å². The van der Waals surface area contributed by atoms with E-state index in [-0.39, 0.29) is 11.4 Å². The molecule has 0 radical (unpaired) electrons. The van der Waals surface area contributed by atoms with Crippen molar-refractivity contribution in [3.63, 3.8) is 0 Å². The fourth-order valence-corrected chi connectivity index (χ4v) is 3.31. The molecule has 142 valence electrons. The molecule has 8 nitrogen and oxygen atoms in total. The SMILES string of the molecule is CC(C)c1ccc2nc(SCC(=O)Nc3c[nH]c(=O)[nH]c3=O)c(C#N)cc2c1. The molecule has 3 N–H and O–H groups in total. The second-order valence-corrected chi connectivity index (χ2v) is 7.35. The third kappa shape index (κ3) is 4.29. The van der Waals surface area contributed by atoms with Crippen LogP contribution in [0.1, 0.15) is 30.9 Å². The van der Waals surface area contributed by atoms with E-state index in [1.54, 1.807) is 6.07 Å². The molecule has 9 heteroatoms. The summed E-state index contributed by atoms with van der Waals surface area (Å²) in [5.74, 6) is -0.136. The molecule has 0 atom stereocenters. The van der Waals surface area contributed by atoms with Crippen LogP contribution in [-0.4, -0.2) is 26.6 Å².